The predicted molar refractivity (Wildman–Crippen MR) is 83.8 cm³/mol. The lowest BCUT2D eigenvalue weighted by molar-refractivity contribution is 0.812. The summed E-state index contributed by atoms with van der Waals surface area (Å²) in [6, 6.07) is 8.13. The molecule has 1 aromatic carbocycles. The van der Waals surface area contributed by atoms with E-state index in [0.717, 1.165) is 28.2 Å². The molecular weight excluding hydrogens is 274 g/mol. The summed E-state index contributed by atoms with van der Waals surface area (Å²) in [6.07, 6.45) is 2.07. The van der Waals surface area contributed by atoms with E-state index >= 15 is 0 Å². The molecule has 0 spiro atoms. The van der Waals surface area contributed by atoms with Crippen molar-refractivity contribution in [1.29, 1.82) is 0 Å². The van der Waals surface area contributed by atoms with Crippen LogP contribution in [-0.2, 0) is 6.54 Å². The molecule has 2 heterocycles. The first-order valence-electron chi connectivity index (χ1n) is 5.93. The van der Waals surface area contributed by atoms with E-state index < -0.39 is 0 Å². The van der Waals surface area contributed by atoms with Gasteiger partial charge in [0.05, 0.1) is 17.2 Å². The van der Waals surface area contributed by atoms with Gasteiger partial charge in [-0.05, 0) is 31.2 Å². The summed E-state index contributed by atoms with van der Waals surface area (Å²) < 4.78 is 2.19. The van der Waals surface area contributed by atoms with Gasteiger partial charge in [-0.3, -0.25) is 0 Å². The molecule has 0 fully saturated rings. The first kappa shape index (κ1) is 12.3. The number of rotatable bonds is 3. The zero-order chi connectivity index (χ0) is 13.4. The second kappa shape index (κ2) is 4.75. The molecule has 0 atom stereocenters. The Kier molecular flexibility index (Phi) is 3.08. The molecule has 5 heteroatoms. The highest BCUT2D eigenvalue weighted by molar-refractivity contribution is 7.80. The normalized spacial score (nSPS) is 11.0. The Bertz CT molecular complexity index is 755. The van der Waals surface area contributed by atoms with Gasteiger partial charge < -0.3 is 10.3 Å². The van der Waals surface area contributed by atoms with Crippen molar-refractivity contribution in [3.63, 3.8) is 0 Å². The smallest absolute Gasteiger partial charge is 0.104 e. The molecule has 0 amide bonds. The first-order chi connectivity index (χ1) is 9.13. The summed E-state index contributed by atoms with van der Waals surface area (Å²) in [6.45, 7) is 2.82. The second-order valence-electron chi connectivity index (χ2n) is 4.44. The second-order valence-corrected chi connectivity index (χ2v) is 5.94. The van der Waals surface area contributed by atoms with Gasteiger partial charge in [-0.2, -0.15) is 0 Å². The monoisotopic (exact) mass is 287 g/mol. The van der Waals surface area contributed by atoms with E-state index in [-0.39, 0.29) is 0 Å². The van der Waals surface area contributed by atoms with Crippen LogP contribution in [0.4, 0.5) is 0 Å². The van der Waals surface area contributed by atoms with Gasteiger partial charge in [0.15, 0.2) is 0 Å². The molecule has 19 heavy (non-hydrogen) atoms. The van der Waals surface area contributed by atoms with Crippen LogP contribution in [0.1, 0.15) is 16.3 Å². The van der Waals surface area contributed by atoms with Crippen LogP contribution < -0.4 is 5.73 Å². The number of aryl methyl sites for hydroxylation is 1. The molecule has 0 radical (unpaired) electrons. The third-order valence-corrected chi connectivity index (χ3v) is 4.11. The van der Waals surface area contributed by atoms with Crippen molar-refractivity contribution >= 4 is 39.4 Å². The van der Waals surface area contributed by atoms with Gasteiger partial charge in [-0.1, -0.05) is 12.2 Å². The first-order valence-corrected chi connectivity index (χ1v) is 7.22. The molecule has 3 rings (SSSR count). The maximum Gasteiger partial charge on any atom is 0.104 e. The summed E-state index contributed by atoms with van der Waals surface area (Å²) in [5.41, 5.74) is 8.83. The predicted octanol–water partition coefficient (Wildman–Crippen LogP) is 3.09. The van der Waals surface area contributed by atoms with Gasteiger partial charge in [-0.15, -0.1) is 11.3 Å². The van der Waals surface area contributed by atoms with E-state index in [0.29, 0.717) is 4.99 Å². The van der Waals surface area contributed by atoms with Crippen LogP contribution in [0.5, 0.6) is 0 Å². The van der Waals surface area contributed by atoms with Crippen LogP contribution in [0.3, 0.4) is 0 Å². The highest BCUT2D eigenvalue weighted by Gasteiger charge is 2.05. The molecule has 96 valence electrons. The average Bonchev–Trinajstić information content (AvgIpc) is 2.96. The van der Waals surface area contributed by atoms with Crippen LogP contribution in [0.2, 0.25) is 0 Å². The maximum atomic E-state index is 5.65. The lowest BCUT2D eigenvalue weighted by Crippen LogP contribution is -2.08. The minimum atomic E-state index is 0.435. The Morgan fingerprint density at radius 3 is 2.95 bits per heavy atom. The van der Waals surface area contributed by atoms with Crippen molar-refractivity contribution < 1.29 is 0 Å². The quantitative estimate of drug-likeness (QED) is 0.753. The van der Waals surface area contributed by atoms with E-state index in [1.165, 1.54) is 5.52 Å². The summed E-state index contributed by atoms with van der Waals surface area (Å²) >= 11 is 6.68. The third kappa shape index (κ3) is 2.39. The van der Waals surface area contributed by atoms with Gasteiger partial charge in [0.1, 0.15) is 4.99 Å². The number of thiazole rings is 1. The molecule has 3 aromatic rings. The topological polar surface area (TPSA) is 43.8 Å². The average molecular weight is 287 g/mol. The fraction of sp³-hybridized carbons (Fsp3) is 0.143. The Hall–Kier alpha value is -1.72. The van der Waals surface area contributed by atoms with Crippen molar-refractivity contribution in [2.24, 2.45) is 5.73 Å². The Labute approximate surface area is 120 Å². The number of benzene rings is 1. The highest BCUT2D eigenvalue weighted by atomic mass is 32.1. The fourth-order valence-electron chi connectivity index (χ4n) is 2.15. The van der Waals surface area contributed by atoms with Gasteiger partial charge in [0.25, 0.3) is 0 Å². The molecule has 0 unspecified atom stereocenters. The fourth-order valence-corrected chi connectivity index (χ4v) is 2.88. The molecule has 0 saturated heterocycles. The molecule has 2 N–H and O–H groups in total. The molecule has 0 saturated carbocycles. The summed E-state index contributed by atoms with van der Waals surface area (Å²) in [4.78, 5) is 4.93. The molecule has 0 bridgehead atoms. The third-order valence-electron chi connectivity index (χ3n) is 3.05. The number of hydrogen-bond acceptors (Lipinski definition) is 3. The highest BCUT2D eigenvalue weighted by Crippen LogP contribution is 2.19. The molecule has 0 aliphatic rings. The van der Waals surface area contributed by atoms with E-state index in [4.69, 9.17) is 18.0 Å². The molecule has 3 nitrogen and oxygen atoms in total. The van der Waals surface area contributed by atoms with Gasteiger partial charge >= 0.3 is 0 Å². The number of nitrogens with zero attached hydrogens (tertiary/aromatic N) is 2. The van der Waals surface area contributed by atoms with Crippen molar-refractivity contribution in [1.82, 2.24) is 9.55 Å². The van der Waals surface area contributed by atoms with Crippen molar-refractivity contribution in [2.45, 2.75) is 13.5 Å². The van der Waals surface area contributed by atoms with Crippen LogP contribution in [0, 0.1) is 6.92 Å². The zero-order valence-electron chi connectivity index (χ0n) is 10.5. The summed E-state index contributed by atoms with van der Waals surface area (Å²) in [5, 5.41) is 4.35. The Balaban J connectivity index is 1.99. The Morgan fingerprint density at radius 1 is 1.42 bits per heavy atom. The summed E-state index contributed by atoms with van der Waals surface area (Å²) in [7, 11) is 0. The van der Waals surface area contributed by atoms with Crippen LogP contribution in [0.15, 0.2) is 35.8 Å². The maximum absolute atomic E-state index is 5.65. The zero-order valence-corrected chi connectivity index (χ0v) is 12.1. The number of hydrogen-bond donors (Lipinski definition) is 1. The molecule has 0 aliphatic carbocycles. The Morgan fingerprint density at radius 2 is 2.26 bits per heavy atom. The lowest BCUT2D eigenvalue weighted by atomic mass is 10.1. The van der Waals surface area contributed by atoms with Crippen LogP contribution >= 0.6 is 23.6 Å². The number of aromatic nitrogens is 2. The number of thiocarbonyl (C=S) groups is 1. The van der Waals surface area contributed by atoms with E-state index in [2.05, 4.69) is 33.3 Å². The molecule has 2 aromatic heterocycles. The standard InChI is InChI=1S/C14H13N3S2/c1-9-16-12(8-19-9)7-17-5-4-10-6-11(14(15)18)2-3-13(10)17/h2-6,8H,7H2,1H3,(H2,15,18). The number of fused-ring (bicyclic) bond motifs is 1. The van der Waals surface area contributed by atoms with E-state index in [1.807, 2.05) is 19.1 Å². The largest absolute Gasteiger partial charge is 0.389 e. The van der Waals surface area contributed by atoms with Crippen molar-refractivity contribution in [2.75, 3.05) is 0 Å². The molecular formula is C14H13N3S2. The lowest BCUT2D eigenvalue weighted by Gasteiger charge is -2.04. The van der Waals surface area contributed by atoms with Gasteiger partial charge in [0.2, 0.25) is 0 Å². The van der Waals surface area contributed by atoms with Crippen LogP contribution in [-0.4, -0.2) is 14.5 Å². The minimum Gasteiger partial charge on any atom is -0.389 e. The van der Waals surface area contributed by atoms with E-state index in [9.17, 15) is 0 Å². The van der Waals surface area contributed by atoms with E-state index in [1.54, 1.807) is 11.3 Å². The van der Waals surface area contributed by atoms with Gasteiger partial charge in [-0.25, -0.2) is 4.98 Å². The van der Waals surface area contributed by atoms with Crippen LogP contribution in [0.25, 0.3) is 10.9 Å². The summed E-state index contributed by atoms with van der Waals surface area (Å²) in [5.74, 6) is 0. The minimum absolute atomic E-state index is 0.435. The molecule has 0 aliphatic heterocycles. The number of nitrogens with two attached hydrogens (primary N) is 1. The van der Waals surface area contributed by atoms with Crippen molar-refractivity contribution in [3.8, 4) is 0 Å². The SMILES string of the molecule is Cc1nc(Cn2ccc3cc(C(N)=S)ccc32)cs1. The van der Waals surface area contributed by atoms with Gasteiger partial charge in [0, 0.05) is 28.0 Å². The van der Waals surface area contributed by atoms with Crippen molar-refractivity contribution in [3.05, 3.63) is 52.1 Å².